The average Bonchev–Trinajstić information content (AvgIpc) is 2.82. The number of ether oxygens (including phenoxy) is 1. The van der Waals surface area contributed by atoms with Crippen LogP contribution in [0.25, 0.3) is 0 Å². The number of nitrogens with zero attached hydrogens (tertiary/aromatic N) is 1. The van der Waals surface area contributed by atoms with Gasteiger partial charge < -0.3 is 20.7 Å². The molecule has 2 aromatic carbocycles. The molecule has 0 bridgehead atoms. The van der Waals surface area contributed by atoms with Crippen molar-refractivity contribution in [1.82, 2.24) is 16.0 Å². The van der Waals surface area contributed by atoms with Crippen molar-refractivity contribution in [2.24, 2.45) is 4.99 Å². The second-order valence-electron chi connectivity index (χ2n) is 8.66. The maximum atomic E-state index is 5.67. The largest absolute Gasteiger partial charge is 0.381 e. The molecule has 0 aliphatic carbocycles. The zero-order valence-electron chi connectivity index (χ0n) is 19.6. The van der Waals surface area contributed by atoms with E-state index in [1.54, 1.807) is 0 Å². The number of aryl methyl sites for hydroxylation is 1. The Morgan fingerprint density at radius 1 is 1.00 bits per heavy atom. The van der Waals surface area contributed by atoms with Gasteiger partial charge in [-0.15, -0.1) is 24.0 Å². The second kappa shape index (κ2) is 13.8. The highest BCUT2D eigenvalue weighted by Gasteiger charge is 2.34. The van der Waals surface area contributed by atoms with Crippen molar-refractivity contribution >= 4 is 29.9 Å². The fourth-order valence-corrected chi connectivity index (χ4v) is 4.20. The minimum absolute atomic E-state index is 0. The molecular formula is C26H39IN4O. The van der Waals surface area contributed by atoms with E-state index in [9.17, 15) is 0 Å². The lowest BCUT2D eigenvalue weighted by Crippen LogP contribution is -2.58. The van der Waals surface area contributed by atoms with Gasteiger partial charge in [0.05, 0.1) is 0 Å². The third kappa shape index (κ3) is 8.37. The molecule has 2 aromatic rings. The van der Waals surface area contributed by atoms with E-state index in [0.29, 0.717) is 6.04 Å². The van der Waals surface area contributed by atoms with Gasteiger partial charge in [0, 0.05) is 44.4 Å². The first-order chi connectivity index (χ1) is 15.1. The summed E-state index contributed by atoms with van der Waals surface area (Å²) in [7, 11) is 1.84. The van der Waals surface area contributed by atoms with E-state index >= 15 is 0 Å². The summed E-state index contributed by atoms with van der Waals surface area (Å²) in [6, 6.07) is 21.9. The van der Waals surface area contributed by atoms with Gasteiger partial charge in [-0.3, -0.25) is 4.99 Å². The van der Waals surface area contributed by atoms with Gasteiger partial charge in [0.1, 0.15) is 0 Å². The number of nitrogens with one attached hydrogen (secondary N) is 3. The molecule has 0 amide bonds. The minimum atomic E-state index is -0.0155. The monoisotopic (exact) mass is 550 g/mol. The number of halogens is 1. The maximum absolute atomic E-state index is 5.67. The molecule has 1 aliphatic heterocycles. The molecule has 0 spiro atoms. The Hall–Kier alpha value is -1.64. The first-order valence-electron chi connectivity index (χ1n) is 11.5. The first kappa shape index (κ1) is 26.6. The van der Waals surface area contributed by atoms with Gasteiger partial charge in [-0.25, -0.2) is 0 Å². The SMILES string of the molecule is CN=C(NCC1(NC(C)c2ccccc2)CCOCC1)NC(C)CCc1ccccc1.I. The third-order valence-corrected chi connectivity index (χ3v) is 6.18. The predicted molar refractivity (Wildman–Crippen MR) is 145 cm³/mol. The van der Waals surface area contributed by atoms with Crippen LogP contribution in [0.4, 0.5) is 0 Å². The molecule has 3 N–H and O–H groups in total. The highest BCUT2D eigenvalue weighted by molar-refractivity contribution is 14.0. The Morgan fingerprint density at radius 2 is 1.62 bits per heavy atom. The summed E-state index contributed by atoms with van der Waals surface area (Å²) in [4.78, 5) is 4.47. The van der Waals surface area contributed by atoms with Crippen LogP contribution in [-0.4, -0.2) is 44.3 Å². The third-order valence-electron chi connectivity index (χ3n) is 6.18. The van der Waals surface area contributed by atoms with Crippen LogP contribution in [0.1, 0.15) is 50.3 Å². The number of hydrogen-bond acceptors (Lipinski definition) is 3. The normalized spacial score (nSPS) is 17.7. The van der Waals surface area contributed by atoms with E-state index < -0.39 is 0 Å². The summed E-state index contributed by atoms with van der Waals surface area (Å²) < 4.78 is 5.67. The molecule has 1 heterocycles. The average molecular weight is 551 g/mol. The second-order valence-corrected chi connectivity index (χ2v) is 8.66. The molecule has 0 radical (unpaired) electrons. The molecule has 176 valence electrons. The lowest BCUT2D eigenvalue weighted by Gasteiger charge is -2.41. The molecule has 1 saturated heterocycles. The summed E-state index contributed by atoms with van der Waals surface area (Å²) in [5.74, 6) is 0.862. The maximum Gasteiger partial charge on any atom is 0.191 e. The van der Waals surface area contributed by atoms with Crippen LogP contribution in [0.3, 0.4) is 0 Å². The summed E-state index contributed by atoms with van der Waals surface area (Å²) in [5, 5.41) is 11.0. The molecule has 6 heteroatoms. The van der Waals surface area contributed by atoms with Crippen molar-refractivity contribution in [3.8, 4) is 0 Å². The van der Waals surface area contributed by atoms with Crippen LogP contribution in [0.5, 0.6) is 0 Å². The van der Waals surface area contributed by atoms with Gasteiger partial charge in [-0.1, -0.05) is 60.7 Å². The highest BCUT2D eigenvalue weighted by Crippen LogP contribution is 2.25. The van der Waals surface area contributed by atoms with Gasteiger partial charge in [0.25, 0.3) is 0 Å². The Kier molecular flexibility index (Phi) is 11.5. The van der Waals surface area contributed by atoms with E-state index in [-0.39, 0.29) is 35.6 Å². The lowest BCUT2D eigenvalue weighted by molar-refractivity contribution is 0.0354. The van der Waals surface area contributed by atoms with Crippen molar-refractivity contribution in [1.29, 1.82) is 0 Å². The quantitative estimate of drug-likeness (QED) is 0.241. The van der Waals surface area contributed by atoms with Gasteiger partial charge in [-0.05, 0) is 50.7 Å². The van der Waals surface area contributed by atoms with Crippen molar-refractivity contribution < 1.29 is 4.74 Å². The van der Waals surface area contributed by atoms with E-state index in [2.05, 4.69) is 95.5 Å². The fraction of sp³-hybridized carbons (Fsp3) is 0.500. The summed E-state index contributed by atoms with van der Waals surface area (Å²) in [6.07, 6.45) is 4.09. The first-order valence-corrected chi connectivity index (χ1v) is 11.5. The molecule has 2 atom stereocenters. The van der Waals surface area contributed by atoms with Crippen LogP contribution in [0.2, 0.25) is 0 Å². The van der Waals surface area contributed by atoms with E-state index in [1.165, 1.54) is 11.1 Å². The minimum Gasteiger partial charge on any atom is -0.381 e. The molecule has 1 aliphatic rings. The van der Waals surface area contributed by atoms with Gasteiger partial charge in [0.2, 0.25) is 0 Å². The summed E-state index contributed by atoms with van der Waals surface area (Å²) in [5.41, 5.74) is 2.67. The zero-order chi connectivity index (χ0) is 21.9. The molecule has 2 unspecified atom stereocenters. The van der Waals surface area contributed by atoms with Crippen molar-refractivity contribution in [3.05, 3.63) is 71.8 Å². The number of benzene rings is 2. The van der Waals surface area contributed by atoms with Crippen molar-refractivity contribution in [3.63, 3.8) is 0 Å². The molecule has 0 saturated carbocycles. The number of hydrogen-bond donors (Lipinski definition) is 3. The number of guanidine groups is 1. The van der Waals surface area contributed by atoms with Crippen LogP contribution >= 0.6 is 24.0 Å². The van der Waals surface area contributed by atoms with Crippen LogP contribution in [-0.2, 0) is 11.2 Å². The standard InChI is InChI=1S/C26H38N4O.HI/c1-21(14-15-23-10-6-4-7-11-23)29-25(27-3)28-20-26(16-18-31-19-17-26)30-22(2)24-12-8-5-9-13-24;/h4-13,21-22,30H,14-20H2,1-3H3,(H2,27,28,29);1H. The Labute approximate surface area is 210 Å². The van der Waals surface area contributed by atoms with Crippen molar-refractivity contribution in [2.45, 2.75) is 57.2 Å². The smallest absolute Gasteiger partial charge is 0.191 e. The lowest BCUT2D eigenvalue weighted by atomic mass is 9.88. The van der Waals surface area contributed by atoms with Crippen LogP contribution in [0.15, 0.2) is 65.7 Å². The van der Waals surface area contributed by atoms with E-state index in [4.69, 9.17) is 4.74 Å². The number of rotatable bonds is 9. The molecule has 1 fully saturated rings. The predicted octanol–water partition coefficient (Wildman–Crippen LogP) is 4.69. The van der Waals surface area contributed by atoms with Gasteiger partial charge in [0.15, 0.2) is 5.96 Å². The molecule has 32 heavy (non-hydrogen) atoms. The molecular weight excluding hydrogens is 511 g/mol. The van der Waals surface area contributed by atoms with Gasteiger partial charge >= 0.3 is 0 Å². The fourth-order valence-electron chi connectivity index (χ4n) is 4.20. The van der Waals surface area contributed by atoms with E-state index in [1.807, 2.05) is 7.05 Å². The highest BCUT2D eigenvalue weighted by atomic mass is 127. The van der Waals surface area contributed by atoms with Gasteiger partial charge in [-0.2, -0.15) is 0 Å². The van der Waals surface area contributed by atoms with Crippen LogP contribution in [0, 0.1) is 0 Å². The Balaban J connectivity index is 0.00000363. The summed E-state index contributed by atoms with van der Waals surface area (Å²) in [6.45, 7) is 6.85. The Morgan fingerprint density at radius 3 is 2.25 bits per heavy atom. The van der Waals surface area contributed by atoms with Crippen molar-refractivity contribution in [2.75, 3.05) is 26.8 Å². The molecule has 0 aromatic heterocycles. The molecule has 3 rings (SSSR count). The summed E-state index contributed by atoms with van der Waals surface area (Å²) >= 11 is 0. The zero-order valence-corrected chi connectivity index (χ0v) is 22.0. The topological polar surface area (TPSA) is 57.7 Å². The number of aliphatic imine (C=N–C) groups is 1. The van der Waals surface area contributed by atoms with E-state index in [0.717, 1.165) is 51.4 Å². The molecule has 5 nitrogen and oxygen atoms in total. The van der Waals surface area contributed by atoms with Crippen LogP contribution < -0.4 is 16.0 Å². The Bertz CT molecular complexity index is 794.